The highest BCUT2D eigenvalue weighted by molar-refractivity contribution is 6.33. The first-order valence-electron chi connectivity index (χ1n) is 5.19. The molecule has 1 aromatic heterocycles. The molecule has 0 saturated carbocycles. The Morgan fingerprint density at radius 2 is 1.76 bits per heavy atom. The molecule has 4 nitrogen and oxygen atoms in total. The van der Waals surface area contributed by atoms with Crippen LogP contribution in [0.25, 0.3) is 0 Å². The third-order valence-electron chi connectivity index (χ3n) is 2.22. The molecule has 0 unspecified atom stereocenters. The molecule has 0 amide bonds. The Kier molecular flexibility index (Phi) is 3.15. The maximum atomic E-state index is 6.06. The van der Waals surface area contributed by atoms with E-state index in [1.165, 1.54) is 0 Å². The minimum Gasteiger partial charge on any atom is -0.399 e. The van der Waals surface area contributed by atoms with Crippen molar-refractivity contribution in [3.8, 4) is 0 Å². The van der Waals surface area contributed by atoms with Crippen LogP contribution in [0, 0.1) is 13.8 Å². The molecule has 0 aliphatic rings. The van der Waals surface area contributed by atoms with E-state index in [0.29, 0.717) is 16.7 Å². The monoisotopic (exact) mass is 248 g/mol. The van der Waals surface area contributed by atoms with Crippen LogP contribution in [0.4, 0.5) is 17.3 Å². The minimum absolute atomic E-state index is 0.536. The van der Waals surface area contributed by atoms with Gasteiger partial charge in [0.15, 0.2) is 0 Å². The fourth-order valence-electron chi connectivity index (χ4n) is 1.54. The van der Waals surface area contributed by atoms with E-state index in [0.717, 1.165) is 17.1 Å². The molecule has 2 aromatic rings. The number of aromatic nitrogens is 2. The molecule has 1 heterocycles. The molecule has 1 aromatic carbocycles. The number of nitrogens with zero attached hydrogens (tertiary/aromatic N) is 2. The molecule has 0 atom stereocenters. The van der Waals surface area contributed by atoms with E-state index in [9.17, 15) is 0 Å². The van der Waals surface area contributed by atoms with Crippen molar-refractivity contribution in [2.75, 3.05) is 11.1 Å². The molecule has 0 aliphatic carbocycles. The van der Waals surface area contributed by atoms with Gasteiger partial charge in [-0.1, -0.05) is 11.6 Å². The molecule has 0 radical (unpaired) electrons. The third-order valence-corrected chi connectivity index (χ3v) is 2.53. The molecule has 17 heavy (non-hydrogen) atoms. The number of nitrogen functional groups attached to an aromatic ring is 1. The van der Waals surface area contributed by atoms with E-state index in [2.05, 4.69) is 15.3 Å². The molecule has 88 valence electrons. The van der Waals surface area contributed by atoms with Crippen molar-refractivity contribution in [1.29, 1.82) is 0 Å². The predicted molar refractivity (Wildman–Crippen MR) is 70.7 cm³/mol. The maximum absolute atomic E-state index is 6.06. The van der Waals surface area contributed by atoms with Crippen LogP contribution in [0.5, 0.6) is 0 Å². The smallest absolute Gasteiger partial charge is 0.227 e. The van der Waals surface area contributed by atoms with E-state index in [1.807, 2.05) is 19.9 Å². The summed E-state index contributed by atoms with van der Waals surface area (Å²) >= 11 is 6.06. The summed E-state index contributed by atoms with van der Waals surface area (Å²) in [4.78, 5) is 8.56. The van der Waals surface area contributed by atoms with E-state index in [1.54, 1.807) is 18.2 Å². The largest absolute Gasteiger partial charge is 0.399 e. The van der Waals surface area contributed by atoms with Crippen LogP contribution in [-0.2, 0) is 0 Å². The van der Waals surface area contributed by atoms with Crippen LogP contribution in [0.15, 0.2) is 24.3 Å². The SMILES string of the molecule is Cc1cc(C)nc(Nc2ccc(N)cc2Cl)n1. The van der Waals surface area contributed by atoms with Crippen molar-refractivity contribution in [3.63, 3.8) is 0 Å². The van der Waals surface area contributed by atoms with Gasteiger partial charge in [-0.25, -0.2) is 9.97 Å². The Labute approximate surface area is 105 Å². The summed E-state index contributed by atoms with van der Waals surface area (Å²) < 4.78 is 0. The Balaban J connectivity index is 2.31. The Bertz CT molecular complexity index is 534. The molecule has 5 heteroatoms. The van der Waals surface area contributed by atoms with E-state index in [4.69, 9.17) is 17.3 Å². The zero-order chi connectivity index (χ0) is 12.4. The first-order valence-corrected chi connectivity index (χ1v) is 5.57. The summed E-state index contributed by atoms with van der Waals surface area (Å²) in [7, 11) is 0. The van der Waals surface area contributed by atoms with Crippen LogP contribution >= 0.6 is 11.6 Å². The van der Waals surface area contributed by atoms with Gasteiger partial charge in [0.25, 0.3) is 0 Å². The van der Waals surface area contributed by atoms with Gasteiger partial charge in [-0.05, 0) is 38.1 Å². The van der Waals surface area contributed by atoms with Gasteiger partial charge in [-0.15, -0.1) is 0 Å². The molecule has 0 spiro atoms. The number of hydrogen-bond donors (Lipinski definition) is 2. The summed E-state index contributed by atoms with van der Waals surface area (Å²) in [6.45, 7) is 3.84. The first-order chi connectivity index (χ1) is 8.04. The topological polar surface area (TPSA) is 63.8 Å². The van der Waals surface area contributed by atoms with Crippen molar-refractivity contribution < 1.29 is 0 Å². The molecule has 2 rings (SSSR count). The minimum atomic E-state index is 0.536. The van der Waals surface area contributed by atoms with Crippen LogP contribution in [-0.4, -0.2) is 9.97 Å². The number of aryl methyl sites for hydroxylation is 2. The van der Waals surface area contributed by atoms with Gasteiger partial charge in [-0.3, -0.25) is 0 Å². The van der Waals surface area contributed by atoms with E-state index in [-0.39, 0.29) is 0 Å². The Morgan fingerprint density at radius 1 is 1.12 bits per heavy atom. The number of nitrogens with two attached hydrogens (primary N) is 1. The lowest BCUT2D eigenvalue weighted by atomic mass is 10.3. The van der Waals surface area contributed by atoms with Gasteiger partial charge in [0, 0.05) is 17.1 Å². The van der Waals surface area contributed by atoms with Crippen molar-refractivity contribution in [1.82, 2.24) is 9.97 Å². The Morgan fingerprint density at radius 3 is 2.35 bits per heavy atom. The van der Waals surface area contributed by atoms with E-state index < -0.39 is 0 Å². The van der Waals surface area contributed by atoms with Crippen molar-refractivity contribution >= 4 is 28.9 Å². The number of benzene rings is 1. The molecule has 0 fully saturated rings. The number of halogens is 1. The van der Waals surface area contributed by atoms with Crippen LogP contribution in [0.1, 0.15) is 11.4 Å². The summed E-state index contributed by atoms with van der Waals surface area (Å²) in [5.41, 5.74) is 8.81. The number of nitrogens with one attached hydrogen (secondary N) is 1. The first kappa shape index (κ1) is 11.7. The van der Waals surface area contributed by atoms with Crippen LogP contribution in [0.2, 0.25) is 5.02 Å². The van der Waals surface area contributed by atoms with Crippen molar-refractivity contribution in [2.24, 2.45) is 0 Å². The van der Waals surface area contributed by atoms with Gasteiger partial charge < -0.3 is 11.1 Å². The molecule has 0 aliphatic heterocycles. The van der Waals surface area contributed by atoms with Crippen LogP contribution in [0.3, 0.4) is 0 Å². The highest BCUT2D eigenvalue weighted by Gasteiger charge is 2.04. The lowest BCUT2D eigenvalue weighted by molar-refractivity contribution is 1.06. The molecule has 3 N–H and O–H groups in total. The second-order valence-electron chi connectivity index (χ2n) is 3.84. The third kappa shape index (κ3) is 2.85. The Hall–Kier alpha value is -1.81. The quantitative estimate of drug-likeness (QED) is 0.802. The van der Waals surface area contributed by atoms with Gasteiger partial charge in [0.05, 0.1) is 10.7 Å². The molecular weight excluding hydrogens is 236 g/mol. The normalized spacial score (nSPS) is 10.3. The number of hydrogen-bond acceptors (Lipinski definition) is 4. The summed E-state index contributed by atoms with van der Waals surface area (Å²) in [5.74, 6) is 0.536. The number of anilines is 3. The lowest BCUT2D eigenvalue weighted by Gasteiger charge is -2.08. The average Bonchev–Trinajstić information content (AvgIpc) is 2.21. The van der Waals surface area contributed by atoms with Crippen molar-refractivity contribution in [2.45, 2.75) is 13.8 Å². The van der Waals surface area contributed by atoms with Crippen molar-refractivity contribution in [3.05, 3.63) is 40.7 Å². The predicted octanol–water partition coefficient (Wildman–Crippen LogP) is 3.07. The fourth-order valence-corrected chi connectivity index (χ4v) is 1.77. The molecule has 0 saturated heterocycles. The molecule has 0 bridgehead atoms. The standard InChI is InChI=1S/C12H13ClN4/c1-7-5-8(2)16-12(15-7)17-11-4-3-9(14)6-10(11)13/h3-6H,14H2,1-2H3,(H,15,16,17). The highest BCUT2D eigenvalue weighted by Crippen LogP contribution is 2.26. The lowest BCUT2D eigenvalue weighted by Crippen LogP contribution is -2.00. The summed E-state index contributed by atoms with van der Waals surface area (Å²) in [5, 5.41) is 3.62. The second kappa shape index (κ2) is 4.59. The van der Waals surface area contributed by atoms with Gasteiger partial charge in [-0.2, -0.15) is 0 Å². The zero-order valence-electron chi connectivity index (χ0n) is 9.66. The maximum Gasteiger partial charge on any atom is 0.227 e. The van der Waals surface area contributed by atoms with Crippen LogP contribution < -0.4 is 11.1 Å². The molecular formula is C12H13ClN4. The van der Waals surface area contributed by atoms with Gasteiger partial charge in [0.2, 0.25) is 5.95 Å². The fraction of sp³-hybridized carbons (Fsp3) is 0.167. The average molecular weight is 249 g/mol. The van der Waals surface area contributed by atoms with Gasteiger partial charge in [0.1, 0.15) is 0 Å². The van der Waals surface area contributed by atoms with Gasteiger partial charge >= 0.3 is 0 Å². The summed E-state index contributed by atoms with van der Waals surface area (Å²) in [6, 6.07) is 7.18. The van der Waals surface area contributed by atoms with E-state index >= 15 is 0 Å². The second-order valence-corrected chi connectivity index (χ2v) is 4.25. The number of rotatable bonds is 2. The highest BCUT2D eigenvalue weighted by atomic mass is 35.5. The summed E-state index contributed by atoms with van der Waals surface area (Å²) in [6.07, 6.45) is 0. The zero-order valence-corrected chi connectivity index (χ0v) is 10.4.